The van der Waals surface area contributed by atoms with Crippen LogP contribution in [0, 0.1) is 0 Å². The number of carbonyl (C=O) groups is 1. The maximum absolute atomic E-state index is 12.3. The van der Waals surface area contributed by atoms with E-state index in [4.69, 9.17) is 11.6 Å². The molecule has 29 heavy (non-hydrogen) atoms. The highest BCUT2D eigenvalue weighted by Gasteiger charge is 2.10. The first kappa shape index (κ1) is 18.7. The van der Waals surface area contributed by atoms with Gasteiger partial charge in [0.05, 0.1) is 11.9 Å². The number of hydrogen-bond donors (Lipinski definition) is 2. The monoisotopic (exact) mass is 400 g/mol. The van der Waals surface area contributed by atoms with Crippen LogP contribution in [0.3, 0.4) is 0 Å². The summed E-state index contributed by atoms with van der Waals surface area (Å²) in [6, 6.07) is 27.0. The van der Waals surface area contributed by atoms with Crippen molar-refractivity contribution >= 4 is 23.7 Å². The second-order valence-electron chi connectivity index (χ2n) is 6.36. The molecule has 6 heteroatoms. The van der Waals surface area contributed by atoms with Crippen LogP contribution in [0.4, 0.5) is 0 Å². The van der Waals surface area contributed by atoms with Crippen LogP contribution in [0.15, 0.2) is 90.0 Å². The number of carbonyl (C=O) groups excluding carboxylic acids is 1. The maximum Gasteiger partial charge on any atom is 0.289 e. The van der Waals surface area contributed by atoms with Crippen molar-refractivity contribution in [3.8, 4) is 22.4 Å². The Bertz CT molecular complexity index is 1130. The molecule has 0 fully saturated rings. The van der Waals surface area contributed by atoms with Crippen LogP contribution in [0.25, 0.3) is 22.4 Å². The molecule has 0 unspecified atom stereocenters. The molecule has 0 aliphatic heterocycles. The average Bonchev–Trinajstić information content (AvgIpc) is 3.26. The maximum atomic E-state index is 12.3. The lowest BCUT2D eigenvalue weighted by molar-refractivity contribution is 0.0950. The van der Waals surface area contributed by atoms with Gasteiger partial charge in [0.15, 0.2) is 0 Å². The second kappa shape index (κ2) is 8.54. The summed E-state index contributed by atoms with van der Waals surface area (Å²) in [4.78, 5) is 12.3. The first-order valence-electron chi connectivity index (χ1n) is 8.99. The van der Waals surface area contributed by atoms with Crippen LogP contribution in [0.5, 0.6) is 0 Å². The van der Waals surface area contributed by atoms with Gasteiger partial charge in [0.2, 0.25) is 0 Å². The largest absolute Gasteiger partial charge is 0.289 e. The number of aromatic nitrogens is 2. The lowest BCUT2D eigenvalue weighted by Gasteiger charge is -2.02. The molecule has 0 saturated carbocycles. The fraction of sp³-hybridized carbons (Fsp3) is 0. The van der Waals surface area contributed by atoms with Gasteiger partial charge in [-0.15, -0.1) is 0 Å². The minimum Gasteiger partial charge on any atom is -0.272 e. The van der Waals surface area contributed by atoms with Crippen LogP contribution in [0.2, 0.25) is 5.02 Å². The normalized spacial score (nSPS) is 10.9. The van der Waals surface area contributed by atoms with Crippen LogP contribution in [-0.4, -0.2) is 22.3 Å². The van der Waals surface area contributed by atoms with Gasteiger partial charge >= 0.3 is 0 Å². The van der Waals surface area contributed by atoms with E-state index in [-0.39, 0.29) is 5.91 Å². The molecule has 1 heterocycles. The van der Waals surface area contributed by atoms with Gasteiger partial charge in [0, 0.05) is 10.6 Å². The zero-order chi connectivity index (χ0) is 20.1. The van der Waals surface area contributed by atoms with Crippen molar-refractivity contribution in [2.45, 2.75) is 0 Å². The van der Waals surface area contributed by atoms with Crippen molar-refractivity contribution in [1.29, 1.82) is 0 Å². The second-order valence-corrected chi connectivity index (χ2v) is 6.80. The van der Waals surface area contributed by atoms with E-state index in [1.54, 1.807) is 24.4 Å². The minimum absolute atomic E-state index is 0.334. The summed E-state index contributed by atoms with van der Waals surface area (Å²) in [5, 5.41) is 11.6. The molecular formula is C23H17ClN4O. The number of benzene rings is 3. The van der Waals surface area contributed by atoms with Crippen molar-refractivity contribution in [1.82, 2.24) is 15.6 Å². The summed E-state index contributed by atoms with van der Waals surface area (Å²) in [7, 11) is 0. The summed E-state index contributed by atoms with van der Waals surface area (Å²) in [6.07, 6.45) is 1.55. The molecule has 5 nitrogen and oxygen atoms in total. The van der Waals surface area contributed by atoms with Gasteiger partial charge in [-0.05, 0) is 34.9 Å². The first-order valence-corrected chi connectivity index (χ1v) is 9.37. The number of amides is 1. The van der Waals surface area contributed by atoms with Gasteiger partial charge in [-0.3, -0.25) is 9.89 Å². The molecule has 0 aliphatic rings. The zero-order valence-electron chi connectivity index (χ0n) is 15.3. The summed E-state index contributed by atoms with van der Waals surface area (Å²) < 4.78 is 0. The Labute approximate surface area is 173 Å². The number of nitrogens with one attached hydrogen (secondary N) is 2. The first-order chi connectivity index (χ1) is 14.2. The van der Waals surface area contributed by atoms with Crippen LogP contribution >= 0.6 is 11.6 Å². The molecule has 4 aromatic rings. The van der Waals surface area contributed by atoms with E-state index in [0.29, 0.717) is 16.4 Å². The van der Waals surface area contributed by atoms with Crippen LogP contribution in [0.1, 0.15) is 16.1 Å². The number of H-pyrrole nitrogens is 1. The molecular weight excluding hydrogens is 384 g/mol. The van der Waals surface area contributed by atoms with Crippen molar-refractivity contribution in [3.05, 3.63) is 101 Å². The molecule has 142 valence electrons. The third-order valence-corrected chi connectivity index (χ3v) is 4.61. The summed E-state index contributed by atoms with van der Waals surface area (Å²) in [6.45, 7) is 0. The number of hydrogen-bond acceptors (Lipinski definition) is 3. The Morgan fingerprint density at radius 3 is 2.28 bits per heavy atom. The van der Waals surface area contributed by atoms with E-state index in [1.165, 1.54) is 0 Å². The van der Waals surface area contributed by atoms with E-state index in [1.807, 2.05) is 54.6 Å². The smallest absolute Gasteiger partial charge is 0.272 e. The van der Waals surface area contributed by atoms with Crippen LogP contribution in [-0.2, 0) is 0 Å². The topological polar surface area (TPSA) is 70.1 Å². The van der Waals surface area contributed by atoms with E-state index in [9.17, 15) is 4.79 Å². The van der Waals surface area contributed by atoms with Crippen molar-refractivity contribution in [2.75, 3.05) is 0 Å². The van der Waals surface area contributed by atoms with E-state index < -0.39 is 0 Å². The lowest BCUT2D eigenvalue weighted by Crippen LogP contribution is -2.17. The molecule has 1 aromatic heterocycles. The summed E-state index contributed by atoms with van der Waals surface area (Å²) in [5.74, 6) is -0.366. The molecule has 0 aliphatic carbocycles. The molecule has 0 spiro atoms. The standard InChI is InChI=1S/C23H17ClN4O/c24-20-12-6-16(7-13-20)15-25-28-23(29)22-14-21(26-27-22)19-10-8-18(9-11-19)17-4-2-1-3-5-17/h1-15H,(H,26,27)(H,28,29)/b25-15+. The molecule has 0 radical (unpaired) electrons. The molecule has 2 N–H and O–H groups in total. The van der Waals surface area contributed by atoms with Gasteiger partial charge in [-0.1, -0.05) is 78.3 Å². The highest BCUT2D eigenvalue weighted by molar-refractivity contribution is 6.30. The Kier molecular flexibility index (Phi) is 5.49. The van der Waals surface area contributed by atoms with Crippen LogP contribution < -0.4 is 5.43 Å². The van der Waals surface area contributed by atoms with Gasteiger partial charge in [0.1, 0.15) is 5.69 Å². The zero-order valence-corrected chi connectivity index (χ0v) is 16.1. The van der Waals surface area contributed by atoms with Gasteiger partial charge in [0.25, 0.3) is 5.91 Å². The number of nitrogens with zero attached hydrogens (tertiary/aromatic N) is 2. The molecule has 0 atom stereocenters. The molecule has 0 bridgehead atoms. The summed E-state index contributed by atoms with van der Waals surface area (Å²) >= 11 is 5.84. The molecule has 1 amide bonds. The Hall–Kier alpha value is -3.70. The van der Waals surface area contributed by atoms with Gasteiger partial charge in [-0.2, -0.15) is 10.2 Å². The molecule has 4 rings (SSSR count). The Balaban J connectivity index is 1.42. The SMILES string of the molecule is O=C(N/N=C/c1ccc(Cl)cc1)c1cc(-c2ccc(-c3ccccc3)cc2)n[nH]1. The van der Waals surface area contributed by atoms with Crippen molar-refractivity contribution < 1.29 is 4.79 Å². The van der Waals surface area contributed by atoms with E-state index in [0.717, 1.165) is 22.3 Å². The number of rotatable bonds is 5. The third kappa shape index (κ3) is 4.59. The quantitative estimate of drug-likeness (QED) is 0.359. The highest BCUT2D eigenvalue weighted by atomic mass is 35.5. The highest BCUT2D eigenvalue weighted by Crippen LogP contribution is 2.24. The number of hydrazone groups is 1. The summed E-state index contributed by atoms with van der Waals surface area (Å²) in [5.41, 5.74) is 7.54. The fourth-order valence-corrected chi connectivity index (χ4v) is 2.95. The number of halogens is 1. The van der Waals surface area contributed by atoms with E-state index >= 15 is 0 Å². The minimum atomic E-state index is -0.366. The predicted molar refractivity (Wildman–Crippen MR) is 116 cm³/mol. The van der Waals surface area contributed by atoms with Crippen molar-refractivity contribution in [2.24, 2.45) is 5.10 Å². The van der Waals surface area contributed by atoms with Gasteiger partial charge < -0.3 is 0 Å². The fourth-order valence-electron chi connectivity index (χ4n) is 2.82. The number of aromatic amines is 1. The Morgan fingerprint density at radius 2 is 1.55 bits per heavy atom. The Morgan fingerprint density at radius 1 is 0.897 bits per heavy atom. The predicted octanol–water partition coefficient (Wildman–Crippen LogP) is 5.16. The van der Waals surface area contributed by atoms with Gasteiger partial charge in [-0.25, -0.2) is 5.43 Å². The molecule has 3 aromatic carbocycles. The third-order valence-electron chi connectivity index (χ3n) is 4.36. The molecule has 0 saturated heterocycles. The van der Waals surface area contributed by atoms with E-state index in [2.05, 4.69) is 32.9 Å². The average molecular weight is 401 g/mol. The lowest BCUT2D eigenvalue weighted by atomic mass is 10.0. The van der Waals surface area contributed by atoms with Crippen molar-refractivity contribution in [3.63, 3.8) is 0 Å².